The fourth-order valence-corrected chi connectivity index (χ4v) is 2.64. The highest BCUT2D eigenvalue weighted by molar-refractivity contribution is 5.79. The summed E-state index contributed by atoms with van der Waals surface area (Å²) in [6, 6.07) is 13.3. The Kier molecular flexibility index (Phi) is 3.63. The minimum absolute atomic E-state index is 0.397. The summed E-state index contributed by atoms with van der Waals surface area (Å²) in [5.74, 6) is 1.11. The van der Waals surface area contributed by atoms with Crippen LogP contribution in [0.15, 0.2) is 55.0 Å². The zero-order chi connectivity index (χ0) is 17.2. The van der Waals surface area contributed by atoms with Crippen molar-refractivity contribution >= 4 is 10.9 Å². The molecule has 0 bridgehead atoms. The second kappa shape index (κ2) is 6.09. The molecule has 0 fully saturated rings. The minimum Gasteiger partial charge on any atom is -0.473 e. The Morgan fingerprint density at radius 2 is 2.04 bits per heavy atom. The standard InChI is InChI=1S/C18H14N6O/c1-23-16-3-2-14(8-15(16)11-22-23)12-25-18-5-7-21-24(18)17-9-13(10-19)4-6-20-17/h2-9,11H,12H2,1H3. The molecule has 0 saturated carbocycles. The number of benzene rings is 1. The van der Waals surface area contributed by atoms with E-state index in [1.807, 2.05) is 30.1 Å². The monoisotopic (exact) mass is 330 g/mol. The van der Waals surface area contributed by atoms with Crippen molar-refractivity contribution in [2.75, 3.05) is 0 Å². The maximum Gasteiger partial charge on any atom is 0.218 e. The van der Waals surface area contributed by atoms with E-state index in [1.165, 1.54) is 0 Å². The highest BCUT2D eigenvalue weighted by Gasteiger charge is 2.09. The van der Waals surface area contributed by atoms with E-state index in [0.717, 1.165) is 16.5 Å². The fraction of sp³-hybridized carbons (Fsp3) is 0.111. The molecule has 0 saturated heterocycles. The summed E-state index contributed by atoms with van der Waals surface area (Å²) in [5, 5.41) is 18.6. The second-order valence-electron chi connectivity index (χ2n) is 5.55. The summed E-state index contributed by atoms with van der Waals surface area (Å²) >= 11 is 0. The van der Waals surface area contributed by atoms with Gasteiger partial charge < -0.3 is 4.74 Å². The molecule has 0 aliphatic carbocycles. The topological polar surface area (TPSA) is 81.5 Å². The molecule has 1 aromatic carbocycles. The molecule has 4 rings (SSSR count). The lowest BCUT2D eigenvalue weighted by Crippen LogP contribution is -2.05. The van der Waals surface area contributed by atoms with Gasteiger partial charge in [0.15, 0.2) is 5.82 Å². The third-order valence-electron chi connectivity index (χ3n) is 3.90. The number of fused-ring (bicyclic) bond motifs is 1. The Bertz CT molecular complexity index is 1090. The molecule has 0 radical (unpaired) electrons. The van der Waals surface area contributed by atoms with Gasteiger partial charge in [-0.3, -0.25) is 4.68 Å². The smallest absolute Gasteiger partial charge is 0.218 e. The Hall–Kier alpha value is -3.66. The van der Waals surface area contributed by atoms with Crippen LogP contribution in [-0.2, 0) is 13.7 Å². The van der Waals surface area contributed by atoms with Gasteiger partial charge in [0.25, 0.3) is 0 Å². The van der Waals surface area contributed by atoms with E-state index >= 15 is 0 Å². The fourth-order valence-electron chi connectivity index (χ4n) is 2.64. The quantitative estimate of drug-likeness (QED) is 0.574. The number of pyridine rings is 1. The van der Waals surface area contributed by atoms with Gasteiger partial charge in [0.05, 0.1) is 29.5 Å². The molecule has 7 heteroatoms. The van der Waals surface area contributed by atoms with E-state index in [4.69, 9.17) is 10.00 Å². The predicted octanol–water partition coefficient (Wildman–Crippen LogP) is 2.60. The van der Waals surface area contributed by atoms with Crippen molar-refractivity contribution in [1.82, 2.24) is 24.5 Å². The van der Waals surface area contributed by atoms with Crippen molar-refractivity contribution in [2.45, 2.75) is 6.61 Å². The van der Waals surface area contributed by atoms with Gasteiger partial charge in [-0.15, -0.1) is 0 Å². The largest absolute Gasteiger partial charge is 0.473 e. The van der Waals surface area contributed by atoms with Gasteiger partial charge >= 0.3 is 0 Å². The van der Waals surface area contributed by atoms with E-state index in [2.05, 4.69) is 27.3 Å². The van der Waals surface area contributed by atoms with Crippen LogP contribution in [0.25, 0.3) is 16.7 Å². The first-order valence-electron chi connectivity index (χ1n) is 7.68. The lowest BCUT2D eigenvalue weighted by molar-refractivity contribution is 0.284. The third kappa shape index (κ3) is 2.81. The Morgan fingerprint density at radius 3 is 2.92 bits per heavy atom. The second-order valence-corrected chi connectivity index (χ2v) is 5.55. The van der Waals surface area contributed by atoms with Gasteiger partial charge in [0.1, 0.15) is 6.61 Å². The average Bonchev–Trinajstić information content (AvgIpc) is 3.27. The lowest BCUT2D eigenvalue weighted by atomic mass is 10.2. The normalized spacial score (nSPS) is 10.7. The van der Waals surface area contributed by atoms with Crippen LogP contribution < -0.4 is 4.74 Å². The number of rotatable bonds is 4. The number of hydrogen-bond acceptors (Lipinski definition) is 5. The summed E-state index contributed by atoms with van der Waals surface area (Å²) in [5.41, 5.74) is 2.63. The molecular formula is C18H14N6O. The molecule has 3 heterocycles. The average molecular weight is 330 g/mol. The molecule has 7 nitrogen and oxygen atoms in total. The molecule has 25 heavy (non-hydrogen) atoms. The molecule has 0 amide bonds. The summed E-state index contributed by atoms with van der Waals surface area (Å²) in [6.07, 6.45) is 5.05. The molecule has 0 N–H and O–H groups in total. The molecule has 0 spiro atoms. The predicted molar refractivity (Wildman–Crippen MR) is 91.1 cm³/mol. The van der Waals surface area contributed by atoms with Crippen molar-refractivity contribution in [2.24, 2.45) is 7.05 Å². The maximum absolute atomic E-state index is 9.02. The first kappa shape index (κ1) is 14.9. The Morgan fingerprint density at radius 1 is 1.12 bits per heavy atom. The van der Waals surface area contributed by atoms with Crippen LogP contribution >= 0.6 is 0 Å². The number of aromatic nitrogens is 5. The molecule has 0 aliphatic heterocycles. The van der Waals surface area contributed by atoms with E-state index < -0.39 is 0 Å². The number of nitriles is 1. The number of aryl methyl sites for hydroxylation is 1. The molecule has 0 atom stereocenters. The number of nitrogens with zero attached hydrogens (tertiary/aromatic N) is 6. The van der Waals surface area contributed by atoms with Crippen molar-refractivity contribution in [1.29, 1.82) is 5.26 Å². The van der Waals surface area contributed by atoms with Crippen LogP contribution in [0.3, 0.4) is 0 Å². The van der Waals surface area contributed by atoms with Crippen LogP contribution in [0, 0.1) is 11.3 Å². The van der Waals surface area contributed by atoms with Crippen LogP contribution in [0.4, 0.5) is 0 Å². The minimum atomic E-state index is 0.397. The third-order valence-corrected chi connectivity index (χ3v) is 3.90. The summed E-state index contributed by atoms with van der Waals surface area (Å²) in [7, 11) is 1.92. The van der Waals surface area contributed by atoms with Gasteiger partial charge in [-0.1, -0.05) is 6.07 Å². The van der Waals surface area contributed by atoms with Crippen molar-refractivity contribution in [3.8, 4) is 17.8 Å². The Labute approximate surface area is 143 Å². The first-order valence-corrected chi connectivity index (χ1v) is 7.68. The summed E-state index contributed by atoms with van der Waals surface area (Å²) in [4.78, 5) is 4.25. The van der Waals surface area contributed by atoms with Crippen LogP contribution in [0.2, 0.25) is 0 Å². The summed E-state index contributed by atoms with van der Waals surface area (Å²) in [6.45, 7) is 0.397. The van der Waals surface area contributed by atoms with Crippen LogP contribution in [-0.4, -0.2) is 24.5 Å². The van der Waals surface area contributed by atoms with Gasteiger partial charge in [-0.2, -0.15) is 20.1 Å². The highest BCUT2D eigenvalue weighted by Crippen LogP contribution is 2.19. The molecule has 0 aliphatic rings. The summed E-state index contributed by atoms with van der Waals surface area (Å²) < 4.78 is 9.31. The first-order chi connectivity index (χ1) is 12.2. The van der Waals surface area contributed by atoms with E-state index in [1.54, 1.807) is 35.3 Å². The molecular weight excluding hydrogens is 316 g/mol. The van der Waals surface area contributed by atoms with Gasteiger partial charge in [0.2, 0.25) is 5.88 Å². The van der Waals surface area contributed by atoms with Crippen molar-refractivity contribution < 1.29 is 4.74 Å². The number of ether oxygens (including phenoxy) is 1. The van der Waals surface area contributed by atoms with Gasteiger partial charge in [-0.05, 0) is 23.8 Å². The zero-order valence-corrected chi connectivity index (χ0v) is 13.5. The van der Waals surface area contributed by atoms with Gasteiger partial charge in [0, 0.05) is 30.8 Å². The lowest BCUT2D eigenvalue weighted by Gasteiger charge is -2.09. The Balaban J connectivity index is 1.57. The molecule has 122 valence electrons. The molecule has 3 aromatic heterocycles. The van der Waals surface area contributed by atoms with Crippen LogP contribution in [0.1, 0.15) is 11.1 Å². The van der Waals surface area contributed by atoms with Crippen LogP contribution in [0.5, 0.6) is 5.88 Å². The van der Waals surface area contributed by atoms with Crippen molar-refractivity contribution in [3.63, 3.8) is 0 Å². The SMILES string of the molecule is Cn1ncc2cc(COc3ccnn3-c3cc(C#N)ccn3)ccc21. The van der Waals surface area contributed by atoms with Gasteiger partial charge in [-0.25, -0.2) is 4.98 Å². The van der Waals surface area contributed by atoms with Crippen molar-refractivity contribution in [3.05, 3.63) is 66.1 Å². The zero-order valence-electron chi connectivity index (χ0n) is 13.5. The maximum atomic E-state index is 9.02. The number of hydrogen-bond donors (Lipinski definition) is 0. The van der Waals surface area contributed by atoms with E-state index in [0.29, 0.717) is 23.9 Å². The van der Waals surface area contributed by atoms with E-state index in [-0.39, 0.29) is 0 Å². The molecule has 0 unspecified atom stereocenters. The highest BCUT2D eigenvalue weighted by atomic mass is 16.5. The molecule has 4 aromatic rings. The van der Waals surface area contributed by atoms with E-state index in [9.17, 15) is 0 Å².